The van der Waals surface area contributed by atoms with Crippen molar-refractivity contribution in [3.05, 3.63) is 17.5 Å². The van der Waals surface area contributed by atoms with Crippen molar-refractivity contribution in [2.24, 2.45) is 12.8 Å². The van der Waals surface area contributed by atoms with E-state index in [2.05, 4.69) is 10.4 Å². The van der Waals surface area contributed by atoms with E-state index in [4.69, 9.17) is 5.73 Å². The molecule has 1 aromatic heterocycles. The third kappa shape index (κ3) is 3.36. The monoisotopic (exact) mass is 210 g/mol. The summed E-state index contributed by atoms with van der Waals surface area (Å²) in [6, 6.07) is -0.0972. The zero-order valence-corrected chi connectivity index (χ0v) is 9.45. The maximum atomic E-state index is 11.3. The molecular formula is C10H18N4O. The lowest BCUT2D eigenvalue weighted by Crippen LogP contribution is -2.29. The van der Waals surface area contributed by atoms with Crippen molar-refractivity contribution >= 4 is 5.91 Å². The van der Waals surface area contributed by atoms with Gasteiger partial charge in [0.1, 0.15) is 0 Å². The second-order valence-corrected chi connectivity index (χ2v) is 3.84. The van der Waals surface area contributed by atoms with Crippen LogP contribution in [0.5, 0.6) is 0 Å². The number of nitrogens with one attached hydrogen (secondary N) is 1. The van der Waals surface area contributed by atoms with E-state index in [0.29, 0.717) is 13.0 Å². The van der Waals surface area contributed by atoms with Crippen LogP contribution in [0, 0.1) is 6.92 Å². The van der Waals surface area contributed by atoms with Crippen molar-refractivity contribution in [3.8, 4) is 0 Å². The summed E-state index contributed by atoms with van der Waals surface area (Å²) in [5, 5.41) is 6.91. The summed E-state index contributed by atoms with van der Waals surface area (Å²) in [6.07, 6.45) is 2.13. The Morgan fingerprint density at radius 1 is 1.73 bits per heavy atom. The van der Waals surface area contributed by atoms with Gasteiger partial charge in [0.2, 0.25) is 5.91 Å². The Balaban J connectivity index is 2.44. The molecule has 15 heavy (non-hydrogen) atoms. The van der Waals surface area contributed by atoms with Gasteiger partial charge in [-0.2, -0.15) is 5.10 Å². The van der Waals surface area contributed by atoms with Crippen molar-refractivity contribution in [1.82, 2.24) is 15.1 Å². The first kappa shape index (κ1) is 11.7. The van der Waals surface area contributed by atoms with Gasteiger partial charge in [0, 0.05) is 37.3 Å². The molecule has 0 aliphatic heterocycles. The molecule has 1 rings (SSSR count). The molecule has 0 fully saturated rings. The fraction of sp³-hybridized carbons (Fsp3) is 0.600. The molecule has 5 nitrogen and oxygen atoms in total. The van der Waals surface area contributed by atoms with Crippen LogP contribution in [0.1, 0.15) is 24.6 Å². The number of nitrogens with two attached hydrogens (primary N) is 1. The molecule has 5 heteroatoms. The highest BCUT2D eigenvalue weighted by Crippen LogP contribution is 2.04. The fourth-order valence-electron chi connectivity index (χ4n) is 1.28. The number of carbonyl (C=O) groups is 1. The standard InChI is InChI=1S/C10H18N4O/c1-7(11)4-10(15)12-5-9-6-13-14(3)8(9)2/h6-7H,4-5,11H2,1-3H3,(H,12,15). The number of hydrogen-bond donors (Lipinski definition) is 2. The second kappa shape index (κ2) is 4.93. The van der Waals surface area contributed by atoms with Crippen LogP contribution < -0.4 is 11.1 Å². The fourth-order valence-corrected chi connectivity index (χ4v) is 1.28. The average Bonchev–Trinajstić information content (AvgIpc) is 2.44. The van der Waals surface area contributed by atoms with Crippen molar-refractivity contribution in [2.75, 3.05) is 0 Å². The molecule has 0 aliphatic carbocycles. The first-order valence-corrected chi connectivity index (χ1v) is 5.00. The predicted molar refractivity (Wildman–Crippen MR) is 58.1 cm³/mol. The Bertz CT molecular complexity index is 343. The minimum Gasteiger partial charge on any atom is -0.352 e. The van der Waals surface area contributed by atoms with E-state index in [1.54, 1.807) is 10.9 Å². The van der Waals surface area contributed by atoms with Crippen LogP contribution in [0.4, 0.5) is 0 Å². The van der Waals surface area contributed by atoms with Gasteiger partial charge in [0.25, 0.3) is 0 Å². The molecule has 0 aliphatic rings. The Labute approximate surface area is 89.6 Å². The van der Waals surface area contributed by atoms with Crippen LogP contribution in [-0.4, -0.2) is 21.7 Å². The van der Waals surface area contributed by atoms with E-state index in [1.165, 1.54) is 0 Å². The maximum absolute atomic E-state index is 11.3. The number of amides is 1. The van der Waals surface area contributed by atoms with Crippen molar-refractivity contribution in [3.63, 3.8) is 0 Å². The van der Waals surface area contributed by atoms with Crippen LogP contribution in [0.2, 0.25) is 0 Å². The summed E-state index contributed by atoms with van der Waals surface area (Å²) in [4.78, 5) is 11.3. The SMILES string of the molecule is Cc1c(CNC(=O)CC(C)N)cnn1C. The number of hydrogen-bond acceptors (Lipinski definition) is 3. The van der Waals surface area contributed by atoms with Crippen molar-refractivity contribution in [2.45, 2.75) is 32.9 Å². The Morgan fingerprint density at radius 2 is 2.40 bits per heavy atom. The van der Waals surface area contributed by atoms with Gasteiger partial charge in [-0.25, -0.2) is 0 Å². The maximum Gasteiger partial charge on any atom is 0.221 e. The van der Waals surface area contributed by atoms with Crippen molar-refractivity contribution in [1.29, 1.82) is 0 Å². The smallest absolute Gasteiger partial charge is 0.221 e. The van der Waals surface area contributed by atoms with Gasteiger partial charge in [-0.15, -0.1) is 0 Å². The zero-order valence-electron chi connectivity index (χ0n) is 9.45. The second-order valence-electron chi connectivity index (χ2n) is 3.84. The topological polar surface area (TPSA) is 72.9 Å². The third-order valence-electron chi connectivity index (χ3n) is 2.32. The summed E-state index contributed by atoms with van der Waals surface area (Å²) in [5.41, 5.74) is 7.62. The van der Waals surface area contributed by atoms with Crippen LogP contribution in [-0.2, 0) is 18.4 Å². The zero-order chi connectivity index (χ0) is 11.4. The van der Waals surface area contributed by atoms with Crippen LogP contribution in [0.15, 0.2) is 6.20 Å². The van der Waals surface area contributed by atoms with Gasteiger partial charge in [0.15, 0.2) is 0 Å². The van der Waals surface area contributed by atoms with Crippen molar-refractivity contribution < 1.29 is 4.79 Å². The van der Waals surface area contributed by atoms with Gasteiger partial charge >= 0.3 is 0 Å². The number of aryl methyl sites for hydroxylation is 1. The molecule has 84 valence electrons. The molecule has 1 heterocycles. The Morgan fingerprint density at radius 3 is 2.87 bits per heavy atom. The van der Waals surface area contributed by atoms with E-state index < -0.39 is 0 Å². The Hall–Kier alpha value is -1.36. The average molecular weight is 210 g/mol. The molecule has 0 spiro atoms. The van der Waals surface area contributed by atoms with E-state index in [1.807, 2.05) is 20.9 Å². The molecule has 0 bridgehead atoms. The lowest BCUT2D eigenvalue weighted by molar-refractivity contribution is -0.121. The molecule has 1 unspecified atom stereocenters. The highest BCUT2D eigenvalue weighted by atomic mass is 16.1. The largest absolute Gasteiger partial charge is 0.352 e. The van der Waals surface area contributed by atoms with Crippen LogP contribution in [0.25, 0.3) is 0 Å². The number of rotatable bonds is 4. The molecule has 0 radical (unpaired) electrons. The minimum atomic E-state index is -0.0972. The third-order valence-corrected chi connectivity index (χ3v) is 2.32. The first-order chi connectivity index (χ1) is 7.00. The van der Waals surface area contributed by atoms with Gasteiger partial charge < -0.3 is 11.1 Å². The van der Waals surface area contributed by atoms with Crippen LogP contribution in [0.3, 0.4) is 0 Å². The number of carbonyl (C=O) groups excluding carboxylic acids is 1. The first-order valence-electron chi connectivity index (χ1n) is 5.00. The van der Waals surface area contributed by atoms with Gasteiger partial charge in [0.05, 0.1) is 6.20 Å². The molecule has 0 aromatic carbocycles. The van der Waals surface area contributed by atoms with E-state index >= 15 is 0 Å². The van der Waals surface area contributed by atoms with E-state index in [9.17, 15) is 4.79 Å². The summed E-state index contributed by atoms with van der Waals surface area (Å²) >= 11 is 0. The molecule has 1 aromatic rings. The molecule has 1 amide bonds. The molecule has 1 atom stereocenters. The van der Waals surface area contributed by atoms with Crippen LogP contribution >= 0.6 is 0 Å². The predicted octanol–water partition coefficient (Wildman–Crippen LogP) is 0.0820. The lowest BCUT2D eigenvalue weighted by Gasteiger charge is -2.06. The summed E-state index contributed by atoms with van der Waals surface area (Å²) in [5.74, 6) is -0.0201. The number of aromatic nitrogens is 2. The lowest BCUT2D eigenvalue weighted by atomic mass is 10.2. The van der Waals surface area contributed by atoms with Gasteiger partial charge in [-0.1, -0.05) is 0 Å². The molecule has 0 saturated carbocycles. The highest BCUT2D eigenvalue weighted by molar-refractivity contribution is 5.76. The molecule has 0 saturated heterocycles. The Kier molecular flexibility index (Phi) is 3.85. The van der Waals surface area contributed by atoms with Gasteiger partial charge in [-0.05, 0) is 13.8 Å². The molecular weight excluding hydrogens is 192 g/mol. The van der Waals surface area contributed by atoms with Gasteiger partial charge in [-0.3, -0.25) is 9.48 Å². The quantitative estimate of drug-likeness (QED) is 0.739. The highest BCUT2D eigenvalue weighted by Gasteiger charge is 2.07. The number of nitrogens with zero attached hydrogens (tertiary/aromatic N) is 2. The normalized spacial score (nSPS) is 12.5. The summed E-state index contributed by atoms with van der Waals surface area (Å²) < 4.78 is 1.78. The minimum absolute atomic E-state index is 0.0201. The molecule has 3 N–H and O–H groups in total. The summed E-state index contributed by atoms with van der Waals surface area (Å²) in [7, 11) is 1.88. The van der Waals surface area contributed by atoms with E-state index in [0.717, 1.165) is 11.3 Å². The summed E-state index contributed by atoms with van der Waals surface area (Å²) in [6.45, 7) is 4.31. The van der Waals surface area contributed by atoms with E-state index in [-0.39, 0.29) is 11.9 Å².